The molecule has 1 amide bonds. The summed E-state index contributed by atoms with van der Waals surface area (Å²) >= 11 is 0. The van der Waals surface area contributed by atoms with Crippen LogP contribution < -0.4 is 0 Å². The second-order valence-corrected chi connectivity index (χ2v) is 7.27. The molecule has 0 saturated carbocycles. The number of carbonyl (C=O) groups excluding carboxylic acids is 1. The average Bonchev–Trinajstić information content (AvgIpc) is 3.25. The Labute approximate surface area is 165 Å². The van der Waals surface area contributed by atoms with Crippen molar-refractivity contribution in [1.82, 2.24) is 15.1 Å². The number of H-pyrrole nitrogens is 1. The van der Waals surface area contributed by atoms with Crippen molar-refractivity contribution in [3.05, 3.63) is 78.0 Å². The third-order valence-corrected chi connectivity index (χ3v) is 5.24. The highest BCUT2D eigenvalue weighted by molar-refractivity contribution is 5.93. The fourth-order valence-electron chi connectivity index (χ4n) is 3.58. The maximum atomic E-state index is 12.8. The van der Waals surface area contributed by atoms with E-state index in [1.54, 1.807) is 0 Å². The first kappa shape index (κ1) is 18.4. The molecule has 4 rings (SSSR count). The Morgan fingerprint density at radius 3 is 2.43 bits per heavy atom. The normalized spacial score (nSPS) is 14.9. The van der Waals surface area contributed by atoms with E-state index in [0.717, 1.165) is 43.8 Å². The van der Waals surface area contributed by atoms with Gasteiger partial charge in [-0.05, 0) is 30.4 Å². The molecule has 2 aromatic carbocycles. The van der Waals surface area contributed by atoms with Gasteiger partial charge in [0.1, 0.15) is 5.69 Å². The molecule has 5 nitrogen and oxygen atoms in total. The van der Waals surface area contributed by atoms with Gasteiger partial charge in [0.2, 0.25) is 0 Å². The molecule has 3 aromatic rings. The highest BCUT2D eigenvalue weighted by atomic mass is 16.5. The third kappa shape index (κ3) is 4.49. The lowest BCUT2D eigenvalue weighted by Gasteiger charge is -2.31. The summed E-state index contributed by atoms with van der Waals surface area (Å²) in [6.07, 6.45) is 1.94. The van der Waals surface area contributed by atoms with Crippen LogP contribution in [0.2, 0.25) is 0 Å². The molecular weight excluding hydrogens is 350 g/mol. The maximum Gasteiger partial charge on any atom is 0.271 e. The SMILES string of the molecule is O=C(c1cc(-c2ccccc2)n[nH]1)N1CCC(COCc2ccccc2)CC1. The van der Waals surface area contributed by atoms with Gasteiger partial charge in [0, 0.05) is 25.3 Å². The van der Waals surface area contributed by atoms with Crippen molar-refractivity contribution in [3.63, 3.8) is 0 Å². The first-order valence-electron chi connectivity index (χ1n) is 9.81. The van der Waals surface area contributed by atoms with Crippen LogP contribution in [0.5, 0.6) is 0 Å². The van der Waals surface area contributed by atoms with Crippen LogP contribution >= 0.6 is 0 Å². The minimum absolute atomic E-state index is 0.0262. The number of piperidine rings is 1. The summed E-state index contributed by atoms with van der Waals surface area (Å²) in [7, 11) is 0. The molecule has 1 aromatic heterocycles. The molecule has 5 heteroatoms. The van der Waals surface area contributed by atoms with E-state index in [4.69, 9.17) is 4.74 Å². The second-order valence-electron chi connectivity index (χ2n) is 7.27. The van der Waals surface area contributed by atoms with Gasteiger partial charge in [-0.3, -0.25) is 9.89 Å². The highest BCUT2D eigenvalue weighted by Crippen LogP contribution is 2.22. The summed E-state index contributed by atoms with van der Waals surface area (Å²) < 4.78 is 5.87. The predicted molar refractivity (Wildman–Crippen MR) is 109 cm³/mol. The Hall–Kier alpha value is -2.92. The average molecular weight is 375 g/mol. The van der Waals surface area contributed by atoms with Gasteiger partial charge in [0.15, 0.2) is 0 Å². The summed E-state index contributed by atoms with van der Waals surface area (Å²) in [5.74, 6) is 0.535. The van der Waals surface area contributed by atoms with Gasteiger partial charge in [-0.1, -0.05) is 60.7 Å². The van der Waals surface area contributed by atoms with Gasteiger partial charge in [0.25, 0.3) is 5.91 Å². The number of ether oxygens (including phenoxy) is 1. The third-order valence-electron chi connectivity index (χ3n) is 5.24. The number of nitrogens with one attached hydrogen (secondary N) is 1. The first-order chi connectivity index (χ1) is 13.8. The van der Waals surface area contributed by atoms with Gasteiger partial charge < -0.3 is 9.64 Å². The molecule has 1 fully saturated rings. The summed E-state index contributed by atoms with van der Waals surface area (Å²) in [5.41, 5.74) is 3.56. The van der Waals surface area contributed by atoms with Crippen molar-refractivity contribution in [1.29, 1.82) is 0 Å². The second kappa shape index (κ2) is 8.85. The largest absolute Gasteiger partial charge is 0.376 e. The van der Waals surface area contributed by atoms with E-state index in [9.17, 15) is 4.79 Å². The van der Waals surface area contributed by atoms with Crippen molar-refractivity contribution in [2.24, 2.45) is 5.92 Å². The molecule has 0 unspecified atom stereocenters. The lowest BCUT2D eigenvalue weighted by Crippen LogP contribution is -2.39. The standard InChI is InChI=1S/C23H25N3O2/c27-23(22-15-21(24-25-22)20-9-5-2-6-10-20)26-13-11-19(12-14-26)17-28-16-18-7-3-1-4-8-18/h1-10,15,19H,11-14,16-17H2,(H,24,25). The smallest absolute Gasteiger partial charge is 0.271 e. The summed E-state index contributed by atoms with van der Waals surface area (Å²) in [5, 5.41) is 7.19. The van der Waals surface area contributed by atoms with E-state index < -0.39 is 0 Å². The summed E-state index contributed by atoms with van der Waals surface area (Å²) in [6, 6.07) is 22.0. The van der Waals surface area contributed by atoms with Gasteiger partial charge >= 0.3 is 0 Å². The number of hydrogen-bond donors (Lipinski definition) is 1. The molecule has 0 aliphatic carbocycles. The molecule has 0 spiro atoms. The maximum absolute atomic E-state index is 12.8. The molecule has 1 saturated heterocycles. The van der Waals surface area contributed by atoms with Gasteiger partial charge in [-0.15, -0.1) is 0 Å². The van der Waals surface area contributed by atoms with E-state index in [1.165, 1.54) is 5.56 Å². The number of hydrogen-bond acceptors (Lipinski definition) is 3. The fourth-order valence-corrected chi connectivity index (χ4v) is 3.58. The lowest BCUT2D eigenvalue weighted by atomic mass is 9.97. The number of aromatic nitrogens is 2. The molecule has 0 radical (unpaired) electrons. The lowest BCUT2D eigenvalue weighted by molar-refractivity contribution is 0.0475. The molecule has 0 bridgehead atoms. The van der Waals surface area contributed by atoms with Crippen LogP contribution in [-0.4, -0.2) is 40.7 Å². The van der Waals surface area contributed by atoms with Crippen molar-refractivity contribution < 1.29 is 9.53 Å². The number of rotatable bonds is 6. The van der Waals surface area contributed by atoms with Crippen LogP contribution in [0.3, 0.4) is 0 Å². The van der Waals surface area contributed by atoms with Crippen LogP contribution in [0.15, 0.2) is 66.7 Å². The minimum Gasteiger partial charge on any atom is -0.376 e. The van der Waals surface area contributed by atoms with E-state index >= 15 is 0 Å². The summed E-state index contributed by atoms with van der Waals surface area (Å²) in [4.78, 5) is 14.7. The van der Waals surface area contributed by atoms with Crippen LogP contribution in [0.1, 0.15) is 28.9 Å². The zero-order chi connectivity index (χ0) is 19.2. The molecule has 0 atom stereocenters. The van der Waals surface area contributed by atoms with E-state index in [1.807, 2.05) is 59.5 Å². The number of carbonyl (C=O) groups is 1. The van der Waals surface area contributed by atoms with Crippen molar-refractivity contribution in [3.8, 4) is 11.3 Å². The van der Waals surface area contributed by atoms with Crippen LogP contribution in [0.4, 0.5) is 0 Å². The Bertz CT molecular complexity index is 884. The first-order valence-corrected chi connectivity index (χ1v) is 9.81. The van der Waals surface area contributed by atoms with Gasteiger partial charge in [-0.25, -0.2) is 0 Å². The molecule has 28 heavy (non-hydrogen) atoms. The topological polar surface area (TPSA) is 58.2 Å². The molecular formula is C23H25N3O2. The number of aromatic amines is 1. The van der Waals surface area contributed by atoms with Crippen molar-refractivity contribution in [2.75, 3.05) is 19.7 Å². The Balaban J connectivity index is 1.26. The number of benzene rings is 2. The zero-order valence-corrected chi connectivity index (χ0v) is 15.9. The highest BCUT2D eigenvalue weighted by Gasteiger charge is 2.25. The summed E-state index contributed by atoms with van der Waals surface area (Å²) in [6.45, 7) is 2.92. The van der Waals surface area contributed by atoms with Crippen LogP contribution in [-0.2, 0) is 11.3 Å². The van der Waals surface area contributed by atoms with Crippen LogP contribution in [0.25, 0.3) is 11.3 Å². The van der Waals surface area contributed by atoms with Crippen molar-refractivity contribution >= 4 is 5.91 Å². The number of amides is 1. The Kier molecular flexibility index (Phi) is 5.83. The zero-order valence-electron chi connectivity index (χ0n) is 15.9. The van der Waals surface area contributed by atoms with E-state index in [0.29, 0.717) is 18.2 Å². The Morgan fingerprint density at radius 2 is 1.71 bits per heavy atom. The minimum atomic E-state index is 0.0262. The van der Waals surface area contributed by atoms with E-state index in [2.05, 4.69) is 22.3 Å². The monoisotopic (exact) mass is 375 g/mol. The number of likely N-dealkylation sites (tertiary alicyclic amines) is 1. The molecule has 1 aliphatic rings. The van der Waals surface area contributed by atoms with Gasteiger partial charge in [-0.2, -0.15) is 5.10 Å². The quantitative estimate of drug-likeness (QED) is 0.704. The fraction of sp³-hybridized carbons (Fsp3) is 0.304. The van der Waals surface area contributed by atoms with E-state index in [-0.39, 0.29) is 5.91 Å². The predicted octanol–water partition coefficient (Wildman–Crippen LogP) is 4.15. The molecule has 1 N–H and O–H groups in total. The Morgan fingerprint density at radius 1 is 1.04 bits per heavy atom. The number of nitrogens with zero attached hydrogens (tertiary/aromatic N) is 2. The molecule has 144 valence electrons. The molecule has 2 heterocycles. The van der Waals surface area contributed by atoms with Gasteiger partial charge in [0.05, 0.1) is 12.3 Å². The molecule has 1 aliphatic heterocycles. The van der Waals surface area contributed by atoms with Crippen LogP contribution in [0, 0.1) is 5.92 Å². The van der Waals surface area contributed by atoms with Crippen molar-refractivity contribution in [2.45, 2.75) is 19.4 Å².